The maximum atomic E-state index is 11.3. The summed E-state index contributed by atoms with van der Waals surface area (Å²) >= 11 is 0. The minimum atomic E-state index is -1.09. The second kappa shape index (κ2) is 6.62. The van der Waals surface area contributed by atoms with E-state index in [1.165, 1.54) is 0 Å². The van der Waals surface area contributed by atoms with Gasteiger partial charge in [0.2, 0.25) is 0 Å². The summed E-state index contributed by atoms with van der Waals surface area (Å²) in [7, 11) is 0. The summed E-state index contributed by atoms with van der Waals surface area (Å²) in [6.07, 6.45) is 4.78. The van der Waals surface area contributed by atoms with Gasteiger partial charge >= 0.3 is 5.97 Å². The van der Waals surface area contributed by atoms with Crippen LogP contribution in [0, 0.1) is 5.41 Å². The molecule has 0 aromatic heterocycles. The molecule has 15 heavy (non-hydrogen) atoms. The fraction of sp³-hybridized carbons (Fsp3) is 0.750. The van der Waals surface area contributed by atoms with E-state index in [4.69, 9.17) is 4.74 Å². The van der Waals surface area contributed by atoms with E-state index in [0.29, 0.717) is 6.61 Å². The van der Waals surface area contributed by atoms with Gasteiger partial charge in [0.25, 0.3) is 0 Å². The highest BCUT2D eigenvalue weighted by Crippen LogP contribution is 2.23. The first-order chi connectivity index (χ1) is 6.95. The zero-order valence-electron chi connectivity index (χ0n) is 10.1. The van der Waals surface area contributed by atoms with Crippen LogP contribution < -0.4 is 0 Å². The highest BCUT2D eigenvalue weighted by Gasteiger charge is 2.32. The third-order valence-corrected chi connectivity index (χ3v) is 2.22. The summed E-state index contributed by atoms with van der Waals surface area (Å²) in [5.74, 6) is -0.552. The molecule has 0 aromatic carbocycles. The van der Waals surface area contributed by atoms with E-state index in [2.05, 4.69) is 6.92 Å². The average molecular weight is 214 g/mol. The lowest BCUT2D eigenvalue weighted by Crippen LogP contribution is -2.36. The molecule has 0 spiro atoms. The van der Waals surface area contributed by atoms with E-state index in [1.807, 2.05) is 26.0 Å². The van der Waals surface area contributed by atoms with Gasteiger partial charge in [-0.05, 0) is 13.3 Å². The number of carbonyl (C=O) groups excluding carboxylic acids is 1. The fourth-order valence-corrected chi connectivity index (χ4v) is 1.17. The summed E-state index contributed by atoms with van der Waals surface area (Å²) in [6.45, 7) is 7.75. The number of esters is 1. The molecule has 3 heteroatoms. The Morgan fingerprint density at radius 1 is 1.47 bits per heavy atom. The first-order valence-corrected chi connectivity index (χ1v) is 5.48. The minimum absolute atomic E-state index is 0.296. The molecular formula is C12H22O3. The van der Waals surface area contributed by atoms with Crippen LogP contribution in [0.5, 0.6) is 0 Å². The molecule has 0 saturated heterocycles. The van der Waals surface area contributed by atoms with E-state index in [0.717, 1.165) is 12.8 Å². The molecule has 0 saturated carbocycles. The SMILES string of the molecule is CCC/C=C/C(C)(C)[C@H](O)C(=O)OCC. The van der Waals surface area contributed by atoms with E-state index < -0.39 is 17.5 Å². The maximum absolute atomic E-state index is 11.3. The number of aliphatic hydroxyl groups is 1. The van der Waals surface area contributed by atoms with Gasteiger partial charge in [-0.2, -0.15) is 0 Å². The van der Waals surface area contributed by atoms with Crippen molar-refractivity contribution in [1.82, 2.24) is 0 Å². The Morgan fingerprint density at radius 2 is 2.07 bits per heavy atom. The highest BCUT2D eigenvalue weighted by atomic mass is 16.5. The van der Waals surface area contributed by atoms with Crippen molar-refractivity contribution in [2.24, 2.45) is 5.41 Å². The maximum Gasteiger partial charge on any atom is 0.335 e. The van der Waals surface area contributed by atoms with E-state index >= 15 is 0 Å². The molecular weight excluding hydrogens is 192 g/mol. The predicted molar refractivity (Wildman–Crippen MR) is 60.5 cm³/mol. The second-order valence-electron chi connectivity index (χ2n) is 4.17. The van der Waals surface area contributed by atoms with Crippen molar-refractivity contribution in [2.75, 3.05) is 6.61 Å². The third-order valence-electron chi connectivity index (χ3n) is 2.22. The highest BCUT2D eigenvalue weighted by molar-refractivity contribution is 5.75. The number of ether oxygens (including phenoxy) is 1. The molecule has 0 radical (unpaired) electrons. The Bertz CT molecular complexity index is 219. The van der Waals surface area contributed by atoms with Crippen molar-refractivity contribution < 1.29 is 14.6 Å². The molecule has 0 aliphatic carbocycles. The largest absolute Gasteiger partial charge is 0.464 e. The van der Waals surface area contributed by atoms with Crippen LogP contribution in [0.1, 0.15) is 40.5 Å². The lowest BCUT2D eigenvalue weighted by Gasteiger charge is -2.25. The lowest BCUT2D eigenvalue weighted by molar-refractivity contribution is -0.157. The molecule has 1 N–H and O–H groups in total. The Labute approximate surface area is 92.1 Å². The van der Waals surface area contributed by atoms with E-state index in [-0.39, 0.29) is 0 Å². The molecule has 1 atom stereocenters. The van der Waals surface area contributed by atoms with Gasteiger partial charge in [0.15, 0.2) is 6.10 Å². The number of carbonyl (C=O) groups is 1. The monoisotopic (exact) mass is 214 g/mol. The fourth-order valence-electron chi connectivity index (χ4n) is 1.17. The Kier molecular flexibility index (Phi) is 6.25. The Balaban J connectivity index is 4.36. The summed E-state index contributed by atoms with van der Waals surface area (Å²) in [5.41, 5.74) is -0.568. The molecule has 0 bridgehead atoms. The molecule has 3 nitrogen and oxygen atoms in total. The smallest absolute Gasteiger partial charge is 0.335 e. The zero-order valence-corrected chi connectivity index (χ0v) is 10.1. The molecule has 88 valence electrons. The average Bonchev–Trinajstić information content (AvgIpc) is 2.17. The third kappa shape index (κ3) is 4.98. The number of hydrogen-bond acceptors (Lipinski definition) is 3. The first kappa shape index (κ1) is 14.2. The van der Waals surface area contributed by atoms with Crippen LogP contribution in [0.3, 0.4) is 0 Å². The quantitative estimate of drug-likeness (QED) is 0.545. The molecule has 0 fully saturated rings. The summed E-state index contributed by atoms with van der Waals surface area (Å²) in [6, 6.07) is 0. The Hall–Kier alpha value is -0.830. The zero-order chi connectivity index (χ0) is 11.9. The summed E-state index contributed by atoms with van der Waals surface area (Å²) in [4.78, 5) is 11.3. The van der Waals surface area contributed by atoms with Crippen LogP contribution in [0.2, 0.25) is 0 Å². The molecule has 0 heterocycles. The van der Waals surface area contributed by atoms with E-state index in [1.54, 1.807) is 6.92 Å². The van der Waals surface area contributed by atoms with Gasteiger partial charge < -0.3 is 9.84 Å². The van der Waals surface area contributed by atoms with Crippen LogP contribution in [0.4, 0.5) is 0 Å². The molecule has 0 aliphatic rings. The second-order valence-corrected chi connectivity index (χ2v) is 4.17. The summed E-state index contributed by atoms with van der Waals surface area (Å²) in [5, 5.41) is 9.75. The molecule has 0 aromatic rings. The van der Waals surface area contributed by atoms with Gasteiger partial charge in [-0.15, -0.1) is 0 Å². The number of allylic oxidation sites excluding steroid dienone is 1. The topological polar surface area (TPSA) is 46.5 Å². The number of aliphatic hydroxyl groups excluding tert-OH is 1. The lowest BCUT2D eigenvalue weighted by atomic mass is 9.86. The van der Waals surface area contributed by atoms with Crippen LogP contribution >= 0.6 is 0 Å². The van der Waals surface area contributed by atoms with Crippen molar-refractivity contribution in [3.05, 3.63) is 12.2 Å². The molecule has 0 amide bonds. The van der Waals surface area contributed by atoms with Crippen molar-refractivity contribution in [1.29, 1.82) is 0 Å². The number of rotatable bonds is 6. The Morgan fingerprint density at radius 3 is 2.53 bits per heavy atom. The molecule has 0 rings (SSSR count). The minimum Gasteiger partial charge on any atom is -0.464 e. The van der Waals surface area contributed by atoms with E-state index in [9.17, 15) is 9.90 Å². The molecule has 0 aliphatic heterocycles. The van der Waals surface area contributed by atoms with Gasteiger partial charge in [0.1, 0.15) is 0 Å². The standard InChI is InChI=1S/C12H22O3/c1-5-7-8-9-12(3,4)10(13)11(14)15-6-2/h8-10,13H,5-7H2,1-4H3/b9-8+/t10-/m1/s1. The van der Waals surface area contributed by atoms with Gasteiger partial charge in [0.05, 0.1) is 6.61 Å². The normalized spacial score (nSPS) is 14.2. The summed E-state index contributed by atoms with van der Waals surface area (Å²) < 4.78 is 4.77. The van der Waals surface area contributed by atoms with Crippen LogP contribution in [0.25, 0.3) is 0 Å². The van der Waals surface area contributed by atoms with Crippen LogP contribution in [-0.4, -0.2) is 23.8 Å². The van der Waals surface area contributed by atoms with Gasteiger partial charge in [-0.3, -0.25) is 0 Å². The predicted octanol–water partition coefficient (Wildman–Crippen LogP) is 2.29. The van der Waals surface area contributed by atoms with Crippen molar-refractivity contribution in [3.63, 3.8) is 0 Å². The number of unbranched alkanes of at least 4 members (excludes halogenated alkanes) is 1. The van der Waals surface area contributed by atoms with Gasteiger partial charge in [-0.1, -0.05) is 39.3 Å². The van der Waals surface area contributed by atoms with Crippen LogP contribution in [-0.2, 0) is 9.53 Å². The van der Waals surface area contributed by atoms with Crippen molar-refractivity contribution in [2.45, 2.75) is 46.6 Å². The van der Waals surface area contributed by atoms with Gasteiger partial charge in [-0.25, -0.2) is 4.79 Å². The van der Waals surface area contributed by atoms with Crippen LogP contribution in [0.15, 0.2) is 12.2 Å². The molecule has 0 unspecified atom stereocenters. The van der Waals surface area contributed by atoms with Crippen molar-refractivity contribution >= 4 is 5.97 Å². The van der Waals surface area contributed by atoms with Crippen molar-refractivity contribution in [3.8, 4) is 0 Å². The number of hydrogen-bond donors (Lipinski definition) is 1. The van der Waals surface area contributed by atoms with Gasteiger partial charge in [0, 0.05) is 5.41 Å². The first-order valence-electron chi connectivity index (χ1n) is 5.48.